The van der Waals surface area contributed by atoms with Crippen molar-refractivity contribution in [3.8, 4) is 0 Å². The van der Waals surface area contributed by atoms with Crippen molar-refractivity contribution in [1.82, 2.24) is 0 Å². The van der Waals surface area contributed by atoms with E-state index in [1.165, 1.54) is 128 Å². The van der Waals surface area contributed by atoms with Gasteiger partial charge in [0.25, 0.3) is 0 Å². The summed E-state index contributed by atoms with van der Waals surface area (Å²) in [4.78, 5) is 0. The van der Waals surface area contributed by atoms with Crippen LogP contribution in [0.5, 0.6) is 0 Å². The molecule has 2 N–H and O–H groups in total. The van der Waals surface area contributed by atoms with E-state index in [0.717, 1.165) is 84.9 Å². The lowest BCUT2D eigenvalue weighted by Gasteiger charge is -2.40. The van der Waals surface area contributed by atoms with E-state index in [4.69, 9.17) is 0 Å². The minimum atomic E-state index is 0.0202. The molecule has 246 valence electrons. The summed E-state index contributed by atoms with van der Waals surface area (Å²) >= 11 is 0. The van der Waals surface area contributed by atoms with Crippen LogP contribution in [0.4, 0.5) is 0 Å². The van der Waals surface area contributed by atoms with Crippen molar-refractivity contribution in [3.05, 3.63) is 0 Å². The van der Waals surface area contributed by atoms with Crippen molar-refractivity contribution in [2.45, 2.75) is 194 Å². The molecule has 6 aliphatic carbocycles. The van der Waals surface area contributed by atoms with Crippen LogP contribution in [0, 0.1) is 59.2 Å². The van der Waals surface area contributed by atoms with Crippen LogP contribution in [0.1, 0.15) is 182 Å². The summed E-state index contributed by atoms with van der Waals surface area (Å²) in [5.41, 5.74) is 0. The second kappa shape index (κ2) is 18.2. The largest absolute Gasteiger partial charge is 0.393 e. The Kier molecular flexibility index (Phi) is 15.0. The molecule has 0 aliphatic heterocycles. The molecule has 42 heavy (non-hydrogen) atoms. The van der Waals surface area contributed by atoms with Gasteiger partial charge < -0.3 is 10.2 Å². The molecule has 0 saturated heterocycles. The van der Waals surface area contributed by atoms with Crippen LogP contribution < -0.4 is 0 Å². The highest BCUT2D eigenvalue weighted by Crippen LogP contribution is 2.46. The third kappa shape index (κ3) is 10.5. The van der Waals surface area contributed by atoms with Gasteiger partial charge in [-0.25, -0.2) is 0 Å². The lowest BCUT2D eigenvalue weighted by molar-refractivity contribution is 0.0671. The predicted molar refractivity (Wildman–Crippen MR) is 180 cm³/mol. The molecular weight excluding hydrogens is 512 g/mol. The van der Waals surface area contributed by atoms with Gasteiger partial charge in [-0.3, -0.25) is 0 Å². The van der Waals surface area contributed by atoms with E-state index in [1.807, 2.05) is 13.8 Å². The summed E-state index contributed by atoms with van der Waals surface area (Å²) < 4.78 is 0. The van der Waals surface area contributed by atoms with Crippen molar-refractivity contribution in [2.24, 2.45) is 59.2 Å². The fourth-order valence-corrected chi connectivity index (χ4v) is 10.8. The monoisotopic (exact) mass is 587 g/mol. The van der Waals surface area contributed by atoms with E-state index in [-0.39, 0.29) is 12.2 Å². The third-order valence-corrected chi connectivity index (χ3v) is 13.9. The Hall–Kier alpha value is -0.0800. The zero-order valence-corrected chi connectivity index (χ0v) is 28.8. The van der Waals surface area contributed by atoms with Gasteiger partial charge in [0.2, 0.25) is 0 Å². The number of rotatable bonds is 4. The molecule has 0 aromatic rings. The van der Waals surface area contributed by atoms with Crippen LogP contribution >= 0.6 is 0 Å². The minimum Gasteiger partial charge on any atom is -0.393 e. The van der Waals surface area contributed by atoms with Gasteiger partial charge >= 0.3 is 0 Å². The summed E-state index contributed by atoms with van der Waals surface area (Å²) in [5, 5.41) is 19.3. The first-order chi connectivity index (χ1) is 20.4. The fraction of sp³-hybridized carbons (Fsp3) is 1.00. The van der Waals surface area contributed by atoms with Crippen molar-refractivity contribution in [3.63, 3.8) is 0 Å². The molecule has 0 heterocycles. The molecule has 2 heteroatoms. The second-order valence-electron chi connectivity index (χ2n) is 16.5. The first-order valence-corrected chi connectivity index (χ1v) is 19.8. The summed E-state index contributed by atoms with van der Waals surface area (Å²) in [7, 11) is 0. The summed E-state index contributed by atoms with van der Waals surface area (Å²) in [5.74, 6) is 10.2. The van der Waals surface area contributed by atoms with E-state index >= 15 is 0 Å². The van der Waals surface area contributed by atoms with Crippen LogP contribution in [0.25, 0.3) is 0 Å². The average Bonchev–Trinajstić information content (AvgIpc) is 3.04. The molecule has 6 saturated carbocycles. The van der Waals surface area contributed by atoms with Crippen LogP contribution in [0.3, 0.4) is 0 Å². The summed E-state index contributed by atoms with van der Waals surface area (Å²) in [6.45, 7) is 8.87. The predicted octanol–water partition coefficient (Wildman–Crippen LogP) is 11.4. The number of hydrogen-bond acceptors (Lipinski definition) is 2. The first-order valence-electron chi connectivity index (χ1n) is 19.8. The number of hydrogen-bond donors (Lipinski definition) is 2. The number of aliphatic hydroxyl groups is 2. The van der Waals surface area contributed by atoms with Crippen molar-refractivity contribution >= 4 is 0 Å². The van der Waals surface area contributed by atoms with Crippen LogP contribution in [-0.4, -0.2) is 22.4 Å². The highest BCUT2D eigenvalue weighted by molar-refractivity contribution is 4.87. The zero-order chi connectivity index (χ0) is 29.9. The van der Waals surface area contributed by atoms with Gasteiger partial charge in [0.1, 0.15) is 0 Å². The molecule has 0 aromatic heterocycles. The molecule has 0 bridgehead atoms. The van der Waals surface area contributed by atoms with Gasteiger partial charge in [-0.05, 0) is 188 Å². The molecule has 0 atom stereocenters. The Morgan fingerprint density at radius 3 is 0.595 bits per heavy atom. The third-order valence-electron chi connectivity index (χ3n) is 13.9. The highest BCUT2D eigenvalue weighted by Gasteiger charge is 2.35. The molecule has 6 aliphatic rings. The number of aliphatic hydroxyl groups excluding tert-OH is 2. The molecule has 0 radical (unpaired) electrons. The second-order valence-corrected chi connectivity index (χ2v) is 16.5. The van der Waals surface area contributed by atoms with Crippen LogP contribution in [0.2, 0.25) is 0 Å². The molecule has 6 fully saturated rings. The Bertz CT molecular complexity index is 552. The van der Waals surface area contributed by atoms with Gasteiger partial charge in [0.15, 0.2) is 0 Å². The van der Waals surface area contributed by atoms with Crippen LogP contribution in [-0.2, 0) is 0 Å². The summed E-state index contributed by atoms with van der Waals surface area (Å²) in [6.07, 6.45) is 33.7. The lowest BCUT2D eigenvalue weighted by Crippen LogP contribution is -2.30. The van der Waals surface area contributed by atoms with E-state index in [9.17, 15) is 10.2 Å². The quantitative estimate of drug-likeness (QED) is 0.344. The molecule has 0 amide bonds. The molecule has 0 unspecified atom stereocenters. The molecule has 0 spiro atoms. The van der Waals surface area contributed by atoms with Crippen LogP contribution in [0.15, 0.2) is 0 Å². The Morgan fingerprint density at radius 2 is 0.405 bits per heavy atom. The zero-order valence-electron chi connectivity index (χ0n) is 28.8. The molecule has 6 rings (SSSR count). The first kappa shape index (κ1) is 34.8. The Morgan fingerprint density at radius 1 is 0.262 bits per heavy atom. The molecule has 2 nitrogen and oxygen atoms in total. The van der Waals surface area contributed by atoms with E-state index in [1.54, 1.807) is 0 Å². The topological polar surface area (TPSA) is 40.5 Å². The van der Waals surface area contributed by atoms with Crippen molar-refractivity contribution in [2.75, 3.05) is 0 Å². The normalized spacial score (nSPS) is 45.0. The highest BCUT2D eigenvalue weighted by atomic mass is 16.3. The van der Waals surface area contributed by atoms with E-state index in [0.29, 0.717) is 0 Å². The van der Waals surface area contributed by atoms with Gasteiger partial charge in [0.05, 0.1) is 12.2 Å². The average molecular weight is 587 g/mol. The van der Waals surface area contributed by atoms with Gasteiger partial charge in [-0.15, -0.1) is 0 Å². The maximum atomic E-state index is 9.66. The molecule has 0 aromatic carbocycles. The van der Waals surface area contributed by atoms with Gasteiger partial charge in [0, 0.05) is 0 Å². The van der Waals surface area contributed by atoms with Gasteiger partial charge in [-0.1, -0.05) is 53.4 Å². The SMILES string of the molecule is CC.CC1CCC(C2CCC(C3CCC(O)CC3)CC2)CC1.CC1CCC(C2CCC(C3CCC(O)CC3)CC2)CC1. The standard InChI is InChI=1S/2C19H34O.C2H6/c2*1-14-2-4-15(5-3-14)16-6-8-17(9-7-16)18-10-12-19(20)13-11-18;1-2/h2*14-20H,2-13H2,1H3;1-2H3. The maximum absolute atomic E-state index is 9.66. The van der Waals surface area contributed by atoms with Gasteiger partial charge in [-0.2, -0.15) is 0 Å². The Balaban J connectivity index is 0.000000182. The lowest BCUT2D eigenvalue weighted by atomic mass is 9.66. The van der Waals surface area contributed by atoms with E-state index < -0.39 is 0 Å². The smallest absolute Gasteiger partial charge is 0.0540 e. The minimum absolute atomic E-state index is 0.0202. The van der Waals surface area contributed by atoms with Crippen molar-refractivity contribution < 1.29 is 10.2 Å². The molecular formula is C40H74O2. The fourth-order valence-electron chi connectivity index (χ4n) is 10.8. The summed E-state index contributed by atoms with van der Waals surface area (Å²) in [6, 6.07) is 0. The maximum Gasteiger partial charge on any atom is 0.0540 e. The Labute approximate surface area is 263 Å². The van der Waals surface area contributed by atoms with Crippen molar-refractivity contribution in [1.29, 1.82) is 0 Å². The van der Waals surface area contributed by atoms with E-state index in [2.05, 4.69) is 13.8 Å².